The number of rotatable bonds is 3. The number of imidazole rings is 1. The van der Waals surface area contributed by atoms with Crippen LogP contribution in [-0.2, 0) is 6.42 Å². The van der Waals surface area contributed by atoms with E-state index in [-0.39, 0.29) is 0 Å². The van der Waals surface area contributed by atoms with Crippen LogP contribution in [0.4, 0.5) is 5.82 Å². The Labute approximate surface area is 93.7 Å². The summed E-state index contributed by atoms with van der Waals surface area (Å²) < 4.78 is 1.95. The number of nitrogens with zero attached hydrogens (tertiary/aromatic N) is 2. The Balaban J connectivity index is 2.44. The van der Waals surface area contributed by atoms with Crippen molar-refractivity contribution in [2.45, 2.75) is 13.3 Å². The second kappa shape index (κ2) is 4.14. The Hall–Kier alpha value is -1.16. The number of aromatic nitrogens is 2. The number of fused-ring (bicyclic) bond motifs is 1. The van der Waals surface area contributed by atoms with E-state index in [1.807, 2.05) is 28.4 Å². The number of nitrogens with two attached hydrogens (primary N) is 1. The van der Waals surface area contributed by atoms with E-state index < -0.39 is 0 Å². The molecule has 2 aromatic heterocycles. The van der Waals surface area contributed by atoms with Crippen molar-refractivity contribution in [3.63, 3.8) is 0 Å². The highest BCUT2D eigenvalue weighted by atomic mass is 32.2. The van der Waals surface area contributed by atoms with Crippen LogP contribution in [0.15, 0.2) is 18.3 Å². The average molecular weight is 221 g/mol. The monoisotopic (exact) mass is 221 g/mol. The molecule has 3 nitrogen and oxygen atoms in total. The first-order chi connectivity index (χ1) is 7.22. The summed E-state index contributed by atoms with van der Waals surface area (Å²) in [5, 5.41) is 0. The van der Waals surface area contributed by atoms with Crippen LogP contribution in [0.2, 0.25) is 0 Å². The van der Waals surface area contributed by atoms with E-state index in [2.05, 4.69) is 24.2 Å². The van der Waals surface area contributed by atoms with Crippen molar-refractivity contribution in [1.82, 2.24) is 9.38 Å². The van der Waals surface area contributed by atoms with Crippen LogP contribution in [0.5, 0.6) is 0 Å². The van der Waals surface area contributed by atoms with Gasteiger partial charge in [-0.15, -0.1) is 0 Å². The van der Waals surface area contributed by atoms with E-state index in [1.165, 1.54) is 5.56 Å². The molecule has 80 valence electrons. The molecule has 15 heavy (non-hydrogen) atoms. The minimum Gasteiger partial charge on any atom is -0.383 e. The predicted molar refractivity (Wildman–Crippen MR) is 66.4 cm³/mol. The van der Waals surface area contributed by atoms with Gasteiger partial charge in [0, 0.05) is 12.6 Å². The van der Waals surface area contributed by atoms with Gasteiger partial charge >= 0.3 is 0 Å². The van der Waals surface area contributed by atoms with E-state index in [1.54, 1.807) is 0 Å². The standard InChI is InChI=1S/C11H15N3S/c1-8-3-5-14-10(7-8)13-9(11(14)12)4-6-15-2/h3,5,7H,4,6,12H2,1-2H3. The lowest BCUT2D eigenvalue weighted by Gasteiger charge is -1.98. The molecule has 2 N–H and O–H groups in total. The molecule has 2 aromatic rings. The summed E-state index contributed by atoms with van der Waals surface area (Å²) in [6, 6.07) is 4.10. The number of hydrogen-bond acceptors (Lipinski definition) is 3. The van der Waals surface area contributed by atoms with E-state index >= 15 is 0 Å². The maximum Gasteiger partial charge on any atom is 0.138 e. The maximum atomic E-state index is 6.02. The lowest BCUT2D eigenvalue weighted by Crippen LogP contribution is -1.97. The van der Waals surface area contributed by atoms with Crippen molar-refractivity contribution < 1.29 is 0 Å². The number of anilines is 1. The minimum absolute atomic E-state index is 0.777. The Morgan fingerprint density at radius 2 is 2.33 bits per heavy atom. The summed E-state index contributed by atoms with van der Waals surface area (Å²) in [5.41, 5.74) is 9.19. The molecule has 2 rings (SSSR count). The maximum absolute atomic E-state index is 6.02. The van der Waals surface area contributed by atoms with Gasteiger partial charge in [0.1, 0.15) is 11.5 Å². The summed E-state index contributed by atoms with van der Waals surface area (Å²) in [6.07, 6.45) is 5.01. The zero-order chi connectivity index (χ0) is 10.8. The van der Waals surface area contributed by atoms with Crippen molar-refractivity contribution in [1.29, 1.82) is 0 Å². The number of nitrogen functional groups attached to an aromatic ring is 1. The summed E-state index contributed by atoms with van der Waals surface area (Å²) in [6.45, 7) is 2.06. The molecule has 0 saturated carbocycles. The van der Waals surface area contributed by atoms with Crippen molar-refractivity contribution in [3.05, 3.63) is 29.6 Å². The molecule has 0 atom stereocenters. The van der Waals surface area contributed by atoms with Gasteiger partial charge in [-0.3, -0.25) is 4.40 Å². The van der Waals surface area contributed by atoms with E-state index in [4.69, 9.17) is 5.73 Å². The smallest absolute Gasteiger partial charge is 0.138 e. The number of hydrogen-bond donors (Lipinski definition) is 1. The molecule has 0 aromatic carbocycles. The second-order valence-electron chi connectivity index (χ2n) is 3.62. The first kappa shape index (κ1) is 10.4. The Kier molecular flexibility index (Phi) is 2.86. The van der Waals surface area contributed by atoms with Crippen LogP contribution in [0, 0.1) is 6.92 Å². The first-order valence-electron chi connectivity index (χ1n) is 4.94. The SMILES string of the molecule is CSCCc1nc2cc(C)ccn2c1N. The van der Waals surface area contributed by atoms with Gasteiger partial charge in [-0.1, -0.05) is 0 Å². The third-order valence-electron chi connectivity index (χ3n) is 2.44. The fourth-order valence-electron chi connectivity index (χ4n) is 1.60. The second-order valence-corrected chi connectivity index (χ2v) is 4.60. The highest BCUT2D eigenvalue weighted by Crippen LogP contribution is 2.17. The molecule has 0 spiro atoms. The lowest BCUT2D eigenvalue weighted by atomic mass is 10.3. The molecule has 4 heteroatoms. The van der Waals surface area contributed by atoms with Crippen LogP contribution in [0.1, 0.15) is 11.3 Å². The van der Waals surface area contributed by atoms with Crippen LogP contribution in [0.3, 0.4) is 0 Å². The van der Waals surface area contributed by atoms with Gasteiger partial charge in [0.15, 0.2) is 0 Å². The quantitative estimate of drug-likeness (QED) is 0.863. The first-order valence-corrected chi connectivity index (χ1v) is 6.33. The van der Waals surface area contributed by atoms with Crippen LogP contribution < -0.4 is 5.73 Å². The molecule has 0 saturated heterocycles. The fraction of sp³-hybridized carbons (Fsp3) is 0.364. The Bertz CT molecular complexity index is 476. The Morgan fingerprint density at radius 1 is 1.53 bits per heavy atom. The lowest BCUT2D eigenvalue weighted by molar-refractivity contribution is 1.09. The van der Waals surface area contributed by atoms with Gasteiger partial charge in [-0.05, 0) is 36.6 Å². The van der Waals surface area contributed by atoms with Gasteiger partial charge in [-0.25, -0.2) is 4.98 Å². The molecule has 0 fully saturated rings. The third kappa shape index (κ3) is 1.95. The molecular weight excluding hydrogens is 206 g/mol. The minimum atomic E-state index is 0.777. The normalized spacial score (nSPS) is 11.1. The molecule has 0 bridgehead atoms. The van der Waals surface area contributed by atoms with Gasteiger partial charge < -0.3 is 5.73 Å². The van der Waals surface area contributed by atoms with Crippen LogP contribution in [-0.4, -0.2) is 21.4 Å². The molecule has 0 radical (unpaired) electrons. The van der Waals surface area contributed by atoms with E-state index in [9.17, 15) is 0 Å². The number of pyridine rings is 1. The van der Waals surface area contributed by atoms with Gasteiger partial charge in [0.2, 0.25) is 0 Å². The zero-order valence-electron chi connectivity index (χ0n) is 9.03. The molecule has 0 aliphatic carbocycles. The largest absolute Gasteiger partial charge is 0.383 e. The average Bonchev–Trinajstić information content (AvgIpc) is 2.52. The summed E-state index contributed by atoms with van der Waals surface area (Å²) in [7, 11) is 0. The topological polar surface area (TPSA) is 43.3 Å². The summed E-state index contributed by atoms with van der Waals surface area (Å²) >= 11 is 1.81. The van der Waals surface area contributed by atoms with Crippen LogP contribution in [0.25, 0.3) is 5.65 Å². The van der Waals surface area contributed by atoms with E-state index in [0.29, 0.717) is 0 Å². The van der Waals surface area contributed by atoms with E-state index in [0.717, 1.165) is 29.3 Å². The molecule has 0 aliphatic rings. The van der Waals surface area contributed by atoms with Crippen molar-refractivity contribution in [3.8, 4) is 0 Å². The predicted octanol–water partition coefficient (Wildman–Crippen LogP) is 2.13. The molecule has 2 heterocycles. The summed E-state index contributed by atoms with van der Waals surface area (Å²) in [4.78, 5) is 4.54. The van der Waals surface area contributed by atoms with Gasteiger partial charge in [0.25, 0.3) is 0 Å². The van der Waals surface area contributed by atoms with Crippen molar-refractivity contribution >= 4 is 23.2 Å². The third-order valence-corrected chi connectivity index (χ3v) is 3.05. The summed E-state index contributed by atoms with van der Waals surface area (Å²) in [5.74, 6) is 1.84. The molecule has 0 aliphatic heterocycles. The fourth-order valence-corrected chi connectivity index (χ4v) is 1.99. The molecular formula is C11H15N3S. The van der Waals surface area contributed by atoms with Crippen molar-refractivity contribution in [2.75, 3.05) is 17.7 Å². The zero-order valence-corrected chi connectivity index (χ0v) is 9.84. The molecule has 0 unspecified atom stereocenters. The number of thioether (sulfide) groups is 1. The number of aryl methyl sites for hydroxylation is 2. The molecule has 0 amide bonds. The highest BCUT2D eigenvalue weighted by Gasteiger charge is 2.07. The van der Waals surface area contributed by atoms with Crippen molar-refractivity contribution in [2.24, 2.45) is 0 Å². The van der Waals surface area contributed by atoms with Gasteiger partial charge in [0.05, 0.1) is 5.69 Å². The highest BCUT2D eigenvalue weighted by molar-refractivity contribution is 7.98. The van der Waals surface area contributed by atoms with Crippen LogP contribution >= 0.6 is 11.8 Å². The van der Waals surface area contributed by atoms with Gasteiger partial charge in [-0.2, -0.15) is 11.8 Å². The Morgan fingerprint density at radius 3 is 3.07 bits per heavy atom.